The summed E-state index contributed by atoms with van der Waals surface area (Å²) in [6.07, 6.45) is 0.958. The summed E-state index contributed by atoms with van der Waals surface area (Å²) in [7, 11) is 2.07. The van der Waals surface area contributed by atoms with Gasteiger partial charge in [0.25, 0.3) is 0 Å². The molecule has 4 nitrogen and oxygen atoms in total. The van der Waals surface area contributed by atoms with E-state index in [1.807, 2.05) is 0 Å². The zero-order valence-electron chi connectivity index (χ0n) is 11.7. The number of hydrogen-bond acceptors (Lipinski definition) is 5. The van der Waals surface area contributed by atoms with Crippen molar-refractivity contribution in [2.24, 2.45) is 4.99 Å². The van der Waals surface area contributed by atoms with E-state index < -0.39 is 0 Å². The molecule has 1 aromatic rings. The Morgan fingerprint density at radius 3 is 2.78 bits per heavy atom. The van der Waals surface area contributed by atoms with Crippen LogP contribution in [0.15, 0.2) is 10.4 Å². The van der Waals surface area contributed by atoms with Gasteiger partial charge >= 0.3 is 0 Å². The van der Waals surface area contributed by atoms with Crippen molar-refractivity contribution >= 4 is 17.3 Å². The summed E-state index contributed by atoms with van der Waals surface area (Å²) >= 11 is 1.76. The van der Waals surface area contributed by atoms with Crippen molar-refractivity contribution in [3.63, 3.8) is 0 Å². The summed E-state index contributed by atoms with van der Waals surface area (Å²) < 4.78 is 0. The quantitative estimate of drug-likeness (QED) is 0.908. The molecule has 0 aromatic carbocycles. The minimum Gasteiger partial charge on any atom is -0.356 e. The van der Waals surface area contributed by atoms with Gasteiger partial charge in [0.2, 0.25) is 0 Å². The van der Waals surface area contributed by atoms with Gasteiger partial charge in [-0.1, -0.05) is 20.8 Å². The van der Waals surface area contributed by atoms with E-state index in [2.05, 4.69) is 53.4 Å². The lowest BCUT2D eigenvalue weighted by atomic mass is 9.98. The molecule has 0 bridgehead atoms. The Morgan fingerprint density at radius 1 is 1.44 bits per heavy atom. The topological polar surface area (TPSA) is 40.5 Å². The fourth-order valence-electron chi connectivity index (χ4n) is 1.79. The first-order chi connectivity index (χ1) is 8.47. The van der Waals surface area contributed by atoms with Crippen LogP contribution < -0.4 is 5.32 Å². The average molecular weight is 266 g/mol. The molecule has 2 rings (SSSR count). The van der Waals surface area contributed by atoms with Crippen LogP contribution in [0.4, 0.5) is 0 Å². The molecule has 2 heterocycles. The minimum absolute atomic E-state index is 0.159. The molecule has 1 N–H and O–H groups in total. The Morgan fingerprint density at radius 2 is 2.22 bits per heavy atom. The van der Waals surface area contributed by atoms with Crippen LogP contribution in [0.3, 0.4) is 0 Å². The second-order valence-corrected chi connectivity index (χ2v) is 6.56. The smallest absolute Gasteiger partial charge is 0.193 e. The zero-order valence-corrected chi connectivity index (χ0v) is 12.5. The van der Waals surface area contributed by atoms with Crippen molar-refractivity contribution < 1.29 is 0 Å². The highest BCUT2D eigenvalue weighted by Gasteiger charge is 2.18. The second kappa shape index (κ2) is 5.26. The molecule has 100 valence electrons. The van der Waals surface area contributed by atoms with E-state index in [9.17, 15) is 0 Å². The Bertz CT molecular complexity index is 430. The molecule has 0 saturated carbocycles. The molecule has 1 aliphatic rings. The van der Waals surface area contributed by atoms with Crippen molar-refractivity contribution in [3.8, 4) is 0 Å². The van der Waals surface area contributed by atoms with E-state index in [-0.39, 0.29) is 5.41 Å². The number of rotatable bonds is 3. The van der Waals surface area contributed by atoms with Gasteiger partial charge in [-0.3, -0.25) is 4.99 Å². The largest absolute Gasteiger partial charge is 0.356 e. The summed E-state index contributed by atoms with van der Waals surface area (Å²) in [6, 6.07) is 0. The van der Waals surface area contributed by atoms with Crippen LogP contribution in [0, 0.1) is 0 Å². The highest BCUT2D eigenvalue weighted by molar-refractivity contribution is 7.09. The standard InChI is InChI=1S/C13H22N4S/c1-13(2,3)11-16-10(9-18-11)5-6-14-12-15-7-8-17(12)4/h9H,5-8H2,1-4H3,(H,14,15). The molecule has 5 heteroatoms. The molecule has 0 spiro atoms. The number of guanidine groups is 1. The Kier molecular flexibility index (Phi) is 3.90. The molecule has 0 aliphatic carbocycles. The van der Waals surface area contributed by atoms with Crippen molar-refractivity contribution in [1.82, 2.24) is 15.2 Å². The Hall–Kier alpha value is -1.10. The highest BCUT2D eigenvalue weighted by atomic mass is 32.1. The van der Waals surface area contributed by atoms with Gasteiger partial charge < -0.3 is 10.2 Å². The SMILES string of the molecule is CN1CCN=C1NCCc1csc(C(C)(C)C)n1. The van der Waals surface area contributed by atoms with Gasteiger partial charge in [0, 0.05) is 37.4 Å². The molecular formula is C13H22N4S. The number of aliphatic imine (C=N–C) groups is 1. The fraction of sp³-hybridized carbons (Fsp3) is 0.692. The monoisotopic (exact) mass is 266 g/mol. The van der Waals surface area contributed by atoms with Crippen LogP contribution in [0.5, 0.6) is 0 Å². The molecule has 0 unspecified atom stereocenters. The van der Waals surface area contributed by atoms with E-state index in [1.165, 1.54) is 10.7 Å². The predicted octanol–water partition coefficient (Wildman–Crippen LogP) is 1.87. The molecule has 1 aliphatic heterocycles. The molecule has 0 amide bonds. The van der Waals surface area contributed by atoms with Gasteiger partial charge in [-0.05, 0) is 0 Å². The van der Waals surface area contributed by atoms with Crippen molar-refractivity contribution in [1.29, 1.82) is 0 Å². The van der Waals surface area contributed by atoms with Gasteiger partial charge in [-0.25, -0.2) is 4.98 Å². The summed E-state index contributed by atoms with van der Waals surface area (Å²) in [5, 5.41) is 6.75. The Balaban J connectivity index is 1.82. The summed E-state index contributed by atoms with van der Waals surface area (Å²) in [5.74, 6) is 1.02. The first kappa shape index (κ1) is 13.3. The first-order valence-corrected chi connectivity index (χ1v) is 7.29. The van der Waals surface area contributed by atoms with Crippen molar-refractivity contribution in [3.05, 3.63) is 16.1 Å². The maximum absolute atomic E-state index is 4.69. The van der Waals surface area contributed by atoms with E-state index in [0.29, 0.717) is 0 Å². The summed E-state index contributed by atoms with van der Waals surface area (Å²) in [6.45, 7) is 9.44. The molecule has 0 saturated heterocycles. The third-order valence-corrected chi connectivity index (χ3v) is 4.23. The van der Waals surface area contributed by atoms with E-state index in [4.69, 9.17) is 0 Å². The number of nitrogens with zero attached hydrogens (tertiary/aromatic N) is 3. The summed E-state index contributed by atoms with van der Waals surface area (Å²) in [5.41, 5.74) is 1.34. The van der Waals surface area contributed by atoms with Crippen LogP contribution in [0.25, 0.3) is 0 Å². The van der Waals surface area contributed by atoms with Crippen LogP contribution >= 0.6 is 11.3 Å². The Labute approximate surface area is 113 Å². The molecular weight excluding hydrogens is 244 g/mol. The van der Waals surface area contributed by atoms with Gasteiger partial charge in [0.1, 0.15) is 0 Å². The number of thiazole rings is 1. The molecule has 18 heavy (non-hydrogen) atoms. The minimum atomic E-state index is 0.159. The molecule has 0 atom stereocenters. The van der Waals surface area contributed by atoms with Gasteiger partial charge in [0.15, 0.2) is 5.96 Å². The number of likely N-dealkylation sites (N-methyl/N-ethyl adjacent to an activating group) is 1. The lowest BCUT2D eigenvalue weighted by Crippen LogP contribution is -2.36. The van der Waals surface area contributed by atoms with E-state index >= 15 is 0 Å². The second-order valence-electron chi connectivity index (χ2n) is 5.70. The number of aromatic nitrogens is 1. The molecule has 0 fully saturated rings. The van der Waals surface area contributed by atoms with E-state index in [0.717, 1.165) is 32.0 Å². The number of hydrogen-bond donors (Lipinski definition) is 1. The molecule has 0 radical (unpaired) electrons. The summed E-state index contributed by atoms with van der Waals surface area (Å²) in [4.78, 5) is 11.3. The maximum atomic E-state index is 4.69. The van der Waals surface area contributed by atoms with Crippen LogP contribution in [-0.2, 0) is 11.8 Å². The number of nitrogens with one attached hydrogen (secondary N) is 1. The average Bonchev–Trinajstić information content (AvgIpc) is 2.88. The van der Waals surface area contributed by atoms with Gasteiger partial charge in [-0.15, -0.1) is 11.3 Å². The van der Waals surface area contributed by atoms with Crippen LogP contribution in [0.2, 0.25) is 0 Å². The third kappa shape index (κ3) is 3.22. The van der Waals surface area contributed by atoms with Crippen LogP contribution in [0.1, 0.15) is 31.5 Å². The lowest BCUT2D eigenvalue weighted by Gasteiger charge is -2.15. The maximum Gasteiger partial charge on any atom is 0.193 e. The van der Waals surface area contributed by atoms with E-state index in [1.54, 1.807) is 11.3 Å². The third-order valence-electron chi connectivity index (χ3n) is 2.92. The van der Waals surface area contributed by atoms with Crippen molar-refractivity contribution in [2.75, 3.05) is 26.7 Å². The van der Waals surface area contributed by atoms with Gasteiger partial charge in [-0.2, -0.15) is 0 Å². The highest BCUT2D eigenvalue weighted by Crippen LogP contribution is 2.25. The van der Waals surface area contributed by atoms with Gasteiger partial charge in [0.05, 0.1) is 17.2 Å². The first-order valence-electron chi connectivity index (χ1n) is 6.41. The lowest BCUT2D eigenvalue weighted by molar-refractivity contribution is 0.534. The van der Waals surface area contributed by atoms with Crippen LogP contribution in [-0.4, -0.2) is 42.5 Å². The zero-order chi connectivity index (χ0) is 13.2. The predicted molar refractivity (Wildman–Crippen MR) is 77.5 cm³/mol. The fourth-order valence-corrected chi connectivity index (χ4v) is 2.73. The molecule has 1 aromatic heterocycles. The normalized spacial score (nSPS) is 16.0. The van der Waals surface area contributed by atoms with Crippen molar-refractivity contribution in [2.45, 2.75) is 32.6 Å².